The van der Waals surface area contributed by atoms with Crippen molar-refractivity contribution in [2.45, 2.75) is 18.1 Å². The van der Waals surface area contributed by atoms with E-state index in [2.05, 4.69) is 5.32 Å². The van der Waals surface area contributed by atoms with Gasteiger partial charge in [0, 0.05) is 18.8 Å². The number of rotatable bonds is 3. The smallest absolute Gasteiger partial charge is 0.334 e. The summed E-state index contributed by atoms with van der Waals surface area (Å²) in [4.78, 5) is 14.1. The van der Waals surface area contributed by atoms with Crippen LogP contribution in [0.2, 0.25) is 0 Å². The molecule has 2 amide bonds. The number of urea groups is 1. The Kier molecular flexibility index (Phi) is 5.22. The largest absolute Gasteiger partial charge is 0.416 e. The summed E-state index contributed by atoms with van der Waals surface area (Å²) < 4.78 is 38.1. The van der Waals surface area contributed by atoms with E-state index in [4.69, 9.17) is 0 Å². The number of carbonyl (C=O) groups is 1. The van der Waals surface area contributed by atoms with Gasteiger partial charge in [0.2, 0.25) is 0 Å². The first kappa shape index (κ1) is 17.7. The predicted molar refractivity (Wildman–Crippen MR) is 92.0 cm³/mol. The lowest BCUT2D eigenvalue weighted by atomic mass is 10.1. The molecule has 7 heteroatoms. The van der Waals surface area contributed by atoms with Crippen molar-refractivity contribution in [1.82, 2.24) is 10.2 Å². The van der Waals surface area contributed by atoms with Gasteiger partial charge in [0.25, 0.3) is 0 Å². The first-order chi connectivity index (χ1) is 11.9. The fourth-order valence-corrected chi connectivity index (χ4v) is 3.92. The number of benzene rings is 2. The van der Waals surface area contributed by atoms with Crippen LogP contribution in [0.1, 0.15) is 22.1 Å². The number of hydrogen-bond donors (Lipinski definition) is 1. The summed E-state index contributed by atoms with van der Waals surface area (Å²) in [5, 5.41) is 2.60. The Morgan fingerprint density at radius 2 is 1.80 bits per heavy atom. The minimum atomic E-state index is -4.35. The summed E-state index contributed by atoms with van der Waals surface area (Å²) in [5.41, 5.74) is 1.01. The Bertz CT molecular complexity index is 719. The summed E-state index contributed by atoms with van der Waals surface area (Å²) in [6.07, 6.45) is -4.35. The molecule has 25 heavy (non-hydrogen) atoms. The number of nitrogens with zero attached hydrogens (tertiary/aromatic N) is 1. The molecule has 3 rings (SSSR count). The molecule has 0 radical (unpaired) electrons. The maximum atomic E-state index is 12.7. The van der Waals surface area contributed by atoms with E-state index in [1.165, 1.54) is 12.1 Å². The number of alkyl halides is 3. The normalized spacial score (nSPS) is 17.6. The van der Waals surface area contributed by atoms with Crippen LogP contribution >= 0.6 is 11.8 Å². The lowest BCUT2D eigenvalue weighted by Crippen LogP contribution is -2.39. The monoisotopic (exact) mass is 366 g/mol. The molecular formula is C18H17F3N2OS. The van der Waals surface area contributed by atoms with Crippen molar-refractivity contribution in [3.63, 3.8) is 0 Å². The molecule has 1 aliphatic heterocycles. The van der Waals surface area contributed by atoms with Gasteiger partial charge in [-0.2, -0.15) is 13.2 Å². The number of nitrogens with one attached hydrogen (secondary N) is 1. The highest BCUT2D eigenvalue weighted by atomic mass is 32.2. The van der Waals surface area contributed by atoms with Crippen LogP contribution in [0.25, 0.3) is 0 Å². The van der Waals surface area contributed by atoms with Crippen LogP contribution in [0.15, 0.2) is 54.6 Å². The highest BCUT2D eigenvalue weighted by molar-refractivity contribution is 7.99. The molecule has 0 spiro atoms. The molecule has 0 unspecified atom stereocenters. The first-order valence-electron chi connectivity index (χ1n) is 7.82. The zero-order chi connectivity index (χ0) is 17.9. The van der Waals surface area contributed by atoms with Gasteiger partial charge in [-0.25, -0.2) is 4.79 Å². The lowest BCUT2D eigenvalue weighted by molar-refractivity contribution is -0.137. The van der Waals surface area contributed by atoms with Gasteiger partial charge in [-0.3, -0.25) is 0 Å². The lowest BCUT2D eigenvalue weighted by Gasteiger charge is -2.24. The van der Waals surface area contributed by atoms with E-state index in [1.807, 2.05) is 30.3 Å². The van der Waals surface area contributed by atoms with E-state index in [9.17, 15) is 18.0 Å². The molecule has 0 aromatic heterocycles. The molecule has 132 valence electrons. The average molecular weight is 366 g/mol. The topological polar surface area (TPSA) is 32.3 Å². The molecular weight excluding hydrogens is 349 g/mol. The molecule has 0 saturated carbocycles. The van der Waals surface area contributed by atoms with Gasteiger partial charge in [0.15, 0.2) is 0 Å². The zero-order valence-electron chi connectivity index (χ0n) is 13.3. The van der Waals surface area contributed by atoms with Crippen LogP contribution in [0.4, 0.5) is 18.0 Å². The Hall–Kier alpha value is -2.15. The quantitative estimate of drug-likeness (QED) is 0.857. The van der Waals surface area contributed by atoms with Crippen LogP contribution in [0.5, 0.6) is 0 Å². The Morgan fingerprint density at radius 3 is 2.44 bits per heavy atom. The van der Waals surface area contributed by atoms with Gasteiger partial charge < -0.3 is 10.2 Å². The molecule has 1 fully saturated rings. The standard InChI is InChI=1S/C18H17F3N2OS/c19-18(20,21)15-8-6-14(7-9-15)16-23(10-11-25-16)17(24)22-12-13-4-2-1-3-5-13/h1-9,16H,10-12H2,(H,22,24)/t16-/m0/s1. The molecule has 1 saturated heterocycles. The van der Waals surface area contributed by atoms with Gasteiger partial charge in [0.1, 0.15) is 5.37 Å². The summed E-state index contributed by atoms with van der Waals surface area (Å²) in [5.74, 6) is 0.754. The van der Waals surface area contributed by atoms with Gasteiger partial charge in [-0.1, -0.05) is 42.5 Å². The molecule has 3 nitrogen and oxygen atoms in total. The van der Waals surface area contributed by atoms with Gasteiger partial charge in [-0.05, 0) is 23.3 Å². The number of hydrogen-bond acceptors (Lipinski definition) is 2. The van der Waals surface area contributed by atoms with Gasteiger partial charge >= 0.3 is 12.2 Å². The first-order valence-corrected chi connectivity index (χ1v) is 8.87. The van der Waals surface area contributed by atoms with Crippen molar-refractivity contribution in [2.24, 2.45) is 0 Å². The minimum absolute atomic E-state index is 0.209. The third-order valence-electron chi connectivity index (χ3n) is 3.96. The average Bonchev–Trinajstić information content (AvgIpc) is 3.10. The predicted octanol–water partition coefficient (Wildman–Crippen LogP) is 4.66. The number of halogens is 3. The second kappa shape index (κ2) is 7.39. The van der Waals surface area contributed by atoms with E-state index in [0.29, 0.717) is 18.7 Å². The zero-order valence-corrected chi connectivity index (χ0v) is 14.1. The van der Waals surface area contributed by atoms with Crippen molar-refractivity contribution in [2.75, 3.05) is 12.3 Å². The Labute approximate surface area is 148 Å². The van der Waals surface area contributed by atoms with Crippen molar-refractivity contribution < 1.29 is 18.0 Å². The third kappa shape index (κ3) is 4.28. The van der Waals surface area contributed by atoms with Crippen LogP contribution in [0, 0.1) is 0 Å². The van der Waals surface area contributed by atoms with E-state index in [-0.39, 0.29) is 11.4 Å². The SMILES string of the molecule is O=C(NCc1ccccc1)N1CCS[C@H]1c1ccc(C(F)(F)F)cc1. The summed E-state index contributed by atoms with van der Waals surface area (Å²) in [7, 11) is 0. The second-order valence-corrected chi connectivity index (χ2v) is 6.87. The fraction of sp³-hybridized carbons (Fsp3) is 0.278. The van der Waals surface area contributed by atoms with Crippen molar-refractivity contribution in [1.29, 1.82) is 0 Å². The van der Waals surface area contributed by atoms with Crippen LogP contribution < -0.4 is 5.32 Å². The molecule has 1 atom stereocenters. The second-order valence-electron chi connectivity index (χ2n) is 5.68. The van der Waals surface area contributed by atoms with Gasteiger partial charge in [0.05, 0.1) is 5.56 Å². The highest BCUT2D eigenvalue weighted by Crippen LogP contribution is 2.39. The summed E-state index contributed by atoms with van der Waals surface area (Å²) >= 11 is 1.55. The van der Waals surface area contributed by atoms with Crippen molar-refractivity contribution in [3.05, 3.63) is 71.3 Å². The highest BCUT2D eigenvalue weighted by Gasteiger charge is 2.33. The molecule has 1 aliphatic rings. The molecule has 2 aromatic carbocycles. The summed E-state index contributed by atoms with van der Waals surface area (Å²) in [6, 6.07) is 14.4. The third-order valence-corrected chi connectivity index (χ3v) is 5.22. The Balaban J connectivity index is 1.66. The molecule has 0 aliphatic carbocycles. The molecule has 2 aromatic rings. The van der Waals surface area contributed by atoms with Gasteiger partial charge in [-0.15, -0.1) is 11.8 Å². The molecule has 1 heterocycles. The van der Waals surface area contributed by atoms with E-state index < -0.39 is 11.7 Å². The van der Waals surface area contributed by atoms with E-state index in [1.54, 1.807) is 16.7 Å². The number of carbonyl (C=O) groups excluding carboxylic acids is 1. The maximum Gasteiger partial charge on any atom is 0.416 e. The molecule has 1 N–H and O–H groups in total. The van der Waals surface area contributed by atoms with Crippen LogP contribution in [-0.2, 0) is 12.7 Å². The summed E-state index contributed by atoms with van der Waals surface area (Å²) in [6.45, 7) is 0.984. The van der Waals surface area contributed by atoms with E-state index in [0.717, 1.165) is 23.4 Å². The number of amides is 2. The fourth-order valence-electron chi connectivity index (χ4n) is 2.67. The minimum Gasteiger partial charge on any atom is -0.334 e. The van der Waals surface area contributed by atoms with Crippen LogP contribution in [-0.4, -0.2) is 23.2 Å². The number of thioether (sulfide) groups is 1. The van der Waals surface area contributed by atoms with E-state index >= 15 is 0 Å². The molecule has 0 bridgehead atoms. The van der Waals surface area contributed by atoms with Crippen molar-refractivity contribution in [3.8, 4) is 0 Å². The Morgan fingerprint density at radius 1 is 1.12 bits per heavy atom. The van der Waals surface area contributed by atoms with Crippen molar-refractivity contribution >= 4 is 17.8 Å². The van der Waals surface area contributed by atoms with Crippen LogP contribution in [0.3, 0.4) is 0 Å². The maximum absolute atomic E-state index is 12.7.